The standard InChI is InChI=1S/C15H29NO2/c1-4-15(5-2,14(17)18)11-16-10-13-8-6-12(3)7-9-13/h12-13,16H,4-11H2,1-3H3,(H,17,18). The van der Waals surface area contributed by atoms with Crippen LogP contribution in [0.25, 0.3) is 0 Å². The minimum atomic E-state index is -0.655. The number of carboxylic acids is 1. The molecule has 106 valence electrons. The largest absolute Gasteiger partial charge is 0.481 e. The first kappa shape index (κ1) is 15.5. The van der Waals surface area contributed by atoms with E-state index < -0.39 is 11.4 Å². The molecule has 0 radical (unpaired) electrons. The summed E-state index contributed by atoms with van der Waals surface area (Å²) in [6.07, 6.45) is 6.66. The first-order valence-electron chi connectivity index (χ1n) is 7.48. The molecule has 0 spiro atoms. The van der Waals surface area contributed by atoms with Gasteiger partial charge in [-0.3, -0.25) is 4.79 Å². The van der Waals surface area contributed by atoms with Crippen LogP contribution in [0, 0.1) is 17.3 Å². The molecule has 0 aromatic carbocycles. The van der Waals surface area contributed by atoms with Crippen LogP contribution in [0.5, 0.6) is 0 Å². The Hall–Kier alpha value is -0.570. The Balaban J connectivity index is 2.33. The maximum absolute atomic E-state index is 11.4. The van der Waals surface area contributed by atoms with Crippen LogP contribution in [0.4, 0.5) is 0 Å². The fourth-order valence-corrected chi connectivity index (χ4v) is 2.93. The van der Waals surface area contributed by atoms with E-state index in [0.717, 1.165) is 18.4 Å². The lowest BCUT2D eigenvalue weighted by Gasteiger charge is -2.30. The van der Waals surface area contributed by atoms with Gasteiger partial charge in [0, 0.05) is 6.54 Å². The highest BCUT2D eigenvalue weighted by atomic mass is 16.4. The van der Waals surface area contributed by atoms with Crippen molar-refractivity contribution in [2.24, 2.45) is 17.3 Å². The molecule has 18 heavy (non-hydrogen) atoms. The van der Waals surface area contributed by atoms with E-state index in [2.05, 4.69) is 12.2 Å². The van der Waals surface area contributed by atoms with Crippen molar-refractivity contribution in [3.05, 3.63) is 0 Å². The van der Waals surface area contributed by atoms with Gasteiger partial charge < -0.3 is 10.4 Å². The number of hydrogen-bond acceptors (Lipinski definition) is 2. The highest BCUT2D eigenvalue weighted by Crippen LogP contribution is 2.29. The van der Waals surface area contributed by atoms with Crippen LogP contribution in [0.3, 0.4) is 0 Å². The maximum Gasteiger partial charge on any atom is 0.310 e. The molecule has 3 heteroatoms. The van der Waals surface area contributed by atoms with E-state index in [0.29, 0.717) is 19.4 Å². The smallest absolute Gasteiger partial charge is 0.310 e. The molecule has 1 fully saturated rings. The molecule has 0 aromatic heterocycles. The Morgan fingerprint density at radius 1 is 1.22 bits per heavy atom. The Bertz CT molecular complexity index is 253. The SMILES string of the molecule is CCC(CC)(CNCC1CCC(C)CC1)C(=O)O. The van der Waals surface area contributed by atoms with Crippen molar-refractivity contribution < 1.29 is 9.90 Å². The minimum absolute atomic E-state index is 0.568. The summed E-state index contributed by atoms with van der Waals surface area (Å²) in [6, 6.07) is 0. The third-order valence-electron chi connectivity index (χ3n) is 4.84. The summed E-state index contributed by atoms with van der Waals surface area (Å²) in [4.78, 5) is 11.4. The highest BCUT2D eigenvalue weighted by molar-refractivity contribution is 5.74. The summed E-state index contributed by atoms with van der Waals surface area (Å²) in [5, 5.41) is 12.8. The van der Waals surface area contributed by atoms with Gasteiger partial charge >= 0.3 is 5.97 Å². The van der Waals surface area contributed by atoms with Crippen LogP contribution < -0.4 is 5.32 Å². The van der Waals surface area contributed by atoms with Gasteiger partial charge in [0.1, 0.15) is 0 Å². The fourth-order valence-electron chi connectivity index (χ4n) is 2.93. The third kappa shape index (κ3) is 3.98. The average molecular weight is 255 g/mol. The van der Waals surface area contributed by atoms with Gasteiger partial charge in [0.25, 0.3) is 0 Å². The summed E-state index contributed by atoms with van der Waals surface area (Å²) in [5.74, 6) is 0.976. The molecule has 0 heterocycles. The van der Waals surface area contributed by atoms with Gasteiger partial charge in [0.15, 0.2) is 0 Å². The molecule has 0 amide bonds. The molecule has 0 aliphatic heterocycles. The number of aliphatic carboxylic acids is 1. The number of hydrogen-bond donors (Lipinski definition) is 2. The molecular formula is C15H29NO2. The van der Waals surface area contributed by atoms with Crippen LogP contribution in [0.1, 0.15) is 59.3 Å². The molecule has 3 nitrogen and oxygen atoms in total. The lowest BCUT2D eigenvalue weighted by atomic mass is 9.81. The van der Waals surface area contributed by atoms with E-state index in [9.17, 15) is 9.90 Å². The van der Waals surface area contributed by atoms with E-state index in [1.807, 2.05) is 13.8 Å². The molecular weight excluding hydrogens is 226 g/mol. The second kappa shape index (κ2) is 7.13. The van der Waals surface area contributed by atoms with Crippen molar-refractivity contribution >= 4 is 5.97 Å². The van der Waals surface area contributed by atoms with E-state index in [-0.39, 0.29) is 0 Å². The number of nitrogens with one attached hydrogen (secondary N) is 1. The molecule has 2 N–H and O–H groups in total. The molecule has 0 aromatic rings. The van der Waals surface area contributed by atoms with Gasteiger partial charge in [-0.25, -0.2) is 0 Å². The number of rotatable bonds is 7. The van der Waals surface area contributed by atoms with Gasteiger partial charge in [0.2, 0.25) is 0 Å². The lowest BCUT2D eigenvalue weighted by Crippen LogP contribution is -2.41. The molecule has 1 aliphatic rings. The van der Waals surface area contributed by atoms with Crippen molar-refractivity contribution in [3.8, 4) is 0 Å². The summed E-state index contributed by atoms with van der Waals surface area (Å²) in [5.41, 5.74) is -0.568. The fraction of sp³-hybridized carbons (Fsp3) is 0.933. The zero-order valence-electron chi connectivity index (χ0n) is 12.2. The Labute approximate surface area is 111 Å². The van der Waals surface area contributed by atoms with E-state index >= 15 is 0 Å². The first-order chi connectivity index (χ1) is 8.54. The van der Waals surface area contributed by atoms with Crippen LogP contribution >= 0.6 is 0 Å². The molecule has 0 atom stereocenters. The molecule has 1 saturated carbocycles. The van der Waals surface area contributed by atoms with Crippen molar-refractivity contribution in [1.82, 2.24) is 5.32 Å². The van der Waals surface area contributed by atoms with Crippen molar-refractivity contribution in [1.29, 1.82) is 0 Å². The van der Waals surface area contributed by atoms with Crippen molar-refractivity contribution in [2.75, 3.05) is 13.1 Å². The van der Waals surface area contributed by atoms with Crippen LogP contribution in [0.2, 0.25) is 0 Å². The van der Waals surface area contributed by atoms with Crippen molar-refractivity contribution in [3.63, 3.8) is 0 Å². The second-order valence-electron chi connectivity index (χ2n) is 6.05. The number of carbonyl (C=O) groups is 1. The van der Waals surface area contributed by atoms with Gasteiger partial charge in [-0.2, -0.15) is 0 Å². The van der Waals surface area contributed by atoms with Crippen molar-refractivity contribution in [2.45, 2.75) is 59.3 Å². The van der Waals surface area contributed by atoms with Crippen LogP contribution in [-0.4, -0.2) is 24.2 Å². The second-order valence-corrected chi connectivity index (χ2v) is 6.05. The zero-order chi connectivity index (χ0) is 13.6. The molecule has 0 unspecified atom stereocenters. The quantitative estimate of drug-likeness (QED) is 0.734. The van der Waals surface area contributed by atoms with E-state index in [1.54, 1.807) is 0 Å². The summed E-state index contributed by atoms with van der Waals surface area (Å²) < 4.78 is 0. The molecule has 1 aliphatic carbocycles. The highest BCUT2D eigenvalue weighted by Gasteiger charge is 2.34. The van der Waals surface area contributed by atoms with Gasteiger partial charge in [-0.05, 0) is 44.1 Å². The Morgan fingerprint density at radius 3 is 2.22 bits per heavy atom. The van der Waals surface area contributed by atoms with Gasteiger partial charge in [-0.1, -0.05) is 33.6 Å². The molecule has 1 rings (SSSR count). The number of carboxylic acid groups (broad SMARTS) is 1. The van der Waals surface area contributed by atoms with Gasteiger partial charge in [0.05, 0.1) is 5.41 Å². The van der Waals surface area contributed by atoms with Gasteiger partial charge in [-0.15, -0.1) is 0 Å². The Kier molecular flexibility index (Phi) is 6.13. The van der Waals surface area contributed by atoms with E-state index in [1.165, 1.54) is 25.7 Å². The van der Waals surface area contributed by atoms with E-state index in [4.69, 9.17) is 0 Å². The zero-order valence-corrected chi connectivity index (χ0v) is 12.2. The average Bonchev–Trinajstić information content (AvgIpc) is 2.37. The molecule has 0 bridgehead atoms. The lowest BCUT2D eigenvalue weighted by molar-refractivity contribution is -0.149. The monoisotopic (exact) mass is 255 g/mol. The molecule has 0 saturated heterocycles. The summed E-state index contributed by atoms with van der Waals surface area (Å²) in [6.45, 7) is 7.87. The first-order valence-corrected chi connectivity index (χ1v) is 7.48. The predicted molar refractivity (Wildman–Crippen MR) is 74.6 cm³/mol. The topological polar surface area (TPSA) is 49.3 Å². The van der Waals surface area contributed by atoms with Crippen LogP contribution in [-0.2, 0) is 4.79 Å². The normalized spacial score (nSPS) is 25.1. The third-order valence-corrected chi connectivity index (χ3v) is 4.84. The summed E-state index contributed by atoms with van der Waals surface area (Å²) in [7, 11) is 0. The maximum atomic E-state index is 11.4. The Morgan fingerprint density at radius 2 is 1.78 bits per heavy atom. The summed E-state index contributed by atoms with van der Waals surface area (Å²) >= 11 is 0. The predicted octanol–water partition coefficient (Wildman–Crippen LogP) is 3.29. The van der Waals surface area contributed by atoms with Crippen LogP contribution in [0.15, 0.2) is 0 Å². The minimum Gasteiger partial charge on any atom is -0.481 e.